The maximum absolute atomic E-state index is 14.1. The number of esters is 1. The summed E-state index contributed by atoms with van der Waals surface area (Å²) < 4.78 is 37.9. The molecule has 5 nitrogen and oxygen atoms in total. The van der Waals surface area contributed by atoms with Crippen molar-refractivity contribution in [1.82, 2.24) is 10.1 Å². The van der Waals surface area contributed by atoms with E-state index in [-0.39, 0.29) is 29.3 Å². The number of benzene rings is 2. The second-order valence-corrected chi connectivity index (χ2v) is 5.47. The van der Waals surface area contributed by atoms with Crippen LogP contribution in [0.1, 0.15) is 27.3 Å². The molecule has 7 heteroatoms. The lowest BCUT2D eigenvalue weighted by Gasteiger charge is -2.05. The molecule has 0 radical (unpaired) electrons. The van der Waals surface area contributed by atoms with E-state index in [1.165, 1.54) is 0 Å². The van der Waals surface area contributed by atoms with E-state index in [1.54, 1.807) is 6.07 Å². The van der Waals surface area contributed by atoms with E-state index in [4.69, 9.17) is 4.52 Å². The van der Waals surface area contributed by atoms with E-state index in [0.29, 0.717) is 0 Å². The van der Waals surface area contributed by atoms with Gasteiger partial charge in [0.05, 0.1) is 12.7 Å². The van der Waals surface area contributed by atoms with Crippen molar-refractivity contribution in [3.8, 4) is 11.5 Å². The highest BCUT2D eigenvalue weighted by Crippen LogP contribution is 2.22. The Kier molecular flexibility index (Phi) is 4.56. The molecule has 0 fully saturated rings. The summed E-state index contributed by atoms with van der Waals surface area (Å²) in [6, 6.07) is 9.28. The van der Waals surface area contributed by atoms with Crippen LogP contribution in [-0.4, -0.2) is 23.2 Å². The quantitative estimate of drug-likeness (QED) is 0.675. The minimum atomic E-state index is -0.873. The molecule has 0 N–H and O–H groups in total. The van der Waals surface area contributed by atoms with Crippen molar-refractivity contribution in [3.05, 3.63) is 70.5 Å². The summed E-state index contributed by atoms with van der Waals surface area (Å²) in [6.45, 7) is 1.92. The molecule has 3 aromatic rings. The van der Waals surface area contributed by atoms with E-state index in [0.717, 1.165) is 30.4 Å². The zero-order chi connectivity index (χ0) is 18.0. The third kappa shape index (κ3) is 3.55. The number of hydrogen-bond acceptors (Lipinski definition) is 5. The summed E-state index contributed by atoms with van der Waals surface area (Å²) >= 11 is 0. The zero-order valence-corrected chi connectivity index (χ0v) is 13.5. The fourth-order valence-electron chi connectivity index (χ4n) is 2.39. The van der Waals surface area contributed by atoms with E-state index in [1.807, 2.05) is 25.1 Å². The van der Waals surface area contributed by atoms with Gasteiger partial charge >= 0.3 is 5.97 Å². The maximum atomic E-state index is 14.1. The second kappa shape index (κ2) is 6.80. The van der Waals surface area contributed by atoms with Gasteiger partial charge in [-0.2, -0.15) is 4.98 Å². The molecule has 1 aromatic heterocycles. The minimum Gasteiger partial charge on any atom is -0.465 e. The first kappa shape index (κ1) is 16.8. The SMILES string of the molecule is COC(=O)c1cc(F)c(Cc2noc(-c3cccc(C)c3)n2)c(F)c1. The molecule has 0 aliphatic heterocycles. The Hall–Kier alpha value is -3.09. The molecule has 3 rings (SSSR count). The molecule has 0 saturated carbocycles. The second-order valence-electron chi connectivity index (χ2n) is 5.47. The fourth-order valence-corrected chi connectivity index (χ4v) is 2.39. The van der Waals surface area contributed by atoms with Gasteiger partial charge in [-0.3, -0.25) is 0 Å². The monoisotopic (exact) mass is 344 g/mol. The minimum absolute atomic E-state index is 0.139. The third-order valence-corrected chi connectivity index (χ3v) is 3.63. The van der Waals surface area contributed by atoms with Gasteiger partial charge in [-0.25, -0.2) is 13.6 Å². The number of rotatable bonds is 4. The Bertz CT molecular complexity index is 915. The normalized spacial score (nSPS) is 10.7. The largest absolute Gasteiger partial charge is 0.465 e. The molecular weight excluding hydrogens is 330 g/mol. The average Bonchev–Trinajstić information content (AvgIpc) is 3.06. The van der Waals surface area contributed by atoms with Gasteiger partial charge in [0, 0.05) is 17.5 Å². The van der Waals surface area contributed by atoms with Crippen LogP contribution in [0, 0.1) is 18.6 Å². The van der Waals surface area contributed by atoms with Crippen LogP contribution in [0.5, 0.6) is 0 Å². The third-order valence-electron chi connectivity index (χ3n) is 3.63. The summed E-state index contributed by atoms with van der Waals surface area (Å²) in [6.07, 6.45) is -0.200. The van der Waals surface area contributed by atoms with Crippen molar-refractivity contribution in [2.24, 2.45) is 0 Å². The highest BCUT2D eigenvalue weighted by molar-refractivity contribution is 5.89. The summed E-state index contributed by atoms with van der Waals surface area (Å²) in [5, 5.41) is 3.76. The van der Waals surface area contributed by atoms with Gasteiger partial charge in [-0.15, -0.1) is 0 Å². The Morgan fingerprint density at radius 3 is 2.56 bits per heavy atom. The number of halogens is 2. The standard InChI is InChI=1S/C18H14F2N2O3/c1-10-4-3-5-11(6-10)17-21-16(22-25-17)9-13-14(19)7-12(8-15(13)20)18(23)24-2/h3-8H,9H2,1-2H3. The molecule has 0 bridgehead atoms. The van der Waals surface area contributed by atoms with Gasteiger partial charge in [0.2, 0.25) is 0 Å². The zero-order valence-electron chi connectivity index (χ0n) is 13.5. The Labute approximate surface area is 142 Å². The number of methoxy groups -OCH3 is 1. The number of carbonyl (C=O) groups excluding carboxylic acids is 1. The van der Waals surface area contributed by atoms with E-state index >= 15 is 0 Å². The number of aromatic nitrogens is 2. The lowest BCUT2D eigenvalue weighted by atomic mass is 10.1. The van der Waals surface area contributed by atoms with Crippen molar-refractivity contribution in [1.29, 1.82) is 0 Å². The van der Waals surface area contributed by atoms with Gasteiger partial charge in [0.1, 0.15) is 11.6 Å². The van der Waals surface area contributed by atoms with Gasteiger partial charge < -0.3 is 9.26 Å². The van der Waals surface area contributed by atoms with Crippen LogP contribution in [-0.2, 0) is 11.2 Å². The topological polar surface area (TPSA) is 65.2 Å². The number of carbonyl (C=O) groups is 1. The first-order chi connectivity index (χ1) is 12.0. The van der Waals surface area contributed by atoms with Crippen LogP contribution in [0.2, 0.25) is 0 Å². The summed E-state index contributed by atoms with van der Waals surface area (Å²) in [5.74, 6) is -2.15. The van der Waals surface area contributed by atoms with Crippen molar-refractivity contribution < 1.29 is 22.8 Å². The molecule has 0 spiro atoms. The number of hydrogen-bond donors (Lipinski definition) is 0. The fraction of sp³-hybridized carbons (Fsp3) is 0.167. The Morgan fingerprint density at radius 1 is 1.20 bits per heavy atom. The van der Waals surface area contributed by atoms with Crippen LogP contribution in [0.15, 0.2) is 40.9 Å². The molecule has 0 aliphatic carbocycles. The van der Waals surface area contributed by atoms with Crippen molar-refractivity contribution in [3.63, 3.8) is 0 Å². The highest BCUT2D eigenvalue weighted by atomic mass is 19.1. The van der Waals surface area contributed by atoms with Crippen molar-refractivity contribution >= 4 is 5.97 Å². The van der Waals surface area contributed by atoms with E-state index in [9.17, 15) is 13.6 Å². The van der Waals surface area contributed by atoms with Crippen molar-refractivity contribution in [2.75, 3.05) is 7.11 Å². The van der Waals surface area contributed by atoms with Gasteiger partial charge in [-0.1, -0.05) is 22.9 Å². The molecule has 0 atom stereocenters. The molecular formula is C18H14F2N2O3. The number of ether oxygens (including phenoxy) is 1. The number of aryl methyl sites for hydroxylation is 1. The molecule has 1 heterocycles. The average molecular weight is 344 g/mol. The first-order valence-electron chi connectivity index (χ1n) is 7.44. The van der Waals surface area contributed by atoms with Crippen LogP contribution in [0.4, 0.5) is 8.78 Å². The van der Waals surface area contributed by atoms with Crippen LogP contribution < -0.4 is 0 Å². The van der Waals surface area contributed by atoms with Gasteiger partial charge in [0.25, 0.3) is 5.89 Å². The van der Waals surface area contributed by atoms with E-state index in [2.05, 4.69) is 14.9 Å². The van der Waals surface area contributed by atoms with Crippen LogP contribution in [0.25, 0.3) is 11.5 Å². The van der Waals surface area contributed by atoms with Crippen molar-refractivity contribution in [2.45, 2.75) is 13.3 Å². The summed E-state index contributed by atoms with van der Waals surface area (Å²) in [4.78, 5) is 15.6. The summed E-state index contributed by atoms with van der Waals surface area (Å²) in [5.41, 5.74) is 1.30. The van der Waals surface area contributed by atoms with E-state index < -0.39 is 17.6 Å². The first-order valence-corrected chi connectivity index (χ1v) is 7.44. The molecule has 0 aliphatic rings. The molecule has 0 unspecified atom stereocenters. The molecule has 128 valence electrons. The van der Waals surface area contributed by atoms with Gasteiger partial charge in [-0.05, 0) is 31.2 Å². The maximum Gasteiger partial charge on any atom is 0.338 e. The molecule has 0 saturated heterocycles. The predicted molar refractivity (Wildman–Crippen MR) is 85.0 cm³/mol. The lowest BCUT2D eigenvalue weighted by Crippen LogP contribution is -2.06. The smallest absolute Gasteiger partial charge is 0.338 e. The summed E-state index contributed by atoms with van der Waals surface area (Å²) in [7, 11) is 1.14. The highest BCUT2D eigenvalue weighted by Gasteiger charge is 2.18. The Balaban J connectivity index is 1.87. The Morgan fingerprint density at radius 2 is 1.92 bits per heavy atom. The number of nitrogens with zero attached hydrogens (tertiary/aromatic N) is 2. The molecule has 25 heavy (non-hydrogen) atoms. The van der Waals surface area contributed by atoms with Crippen LogP contribution in [0.3, 0.4) is 0 Å². The van der Waals surface area contributed by atoms with Crippen LogP contribution >= 0.6 is 0 Å². The lowest BCUT2D eigenvalue weighted by molar-refractivity contribution is 0.0599. The molecule has 2 aromatic carbocycles. The van der Waals surface area contributed by atoms with Gasteiger partial charge in [0.15, 0.2) is 5.82 Å². The predicted octanol–water partition coefficient (Wildman–Crippen LogP) is 3.70. The molecule has 0 amide bonds.